The predicted molar refractivity (Wildman–Crippen MR) is 110 cm³/mol. The lowest BCUT2D eigenvalue weighted by Crippen LogP contribution is -2.33. The van der Waals surface area contributed by atoms with Gasteiger partial charge in [0.25, 0.3) is 0 Å². The summed E-state index contributed by atoms with van der Waals surface area (Å²) < 4.78 is 22.3. The number of rotatable bonds is 6. The van der Waals surface area contributed by atoms with E-state index in [1.165, 1.54) is 0 Å². The van der Waals surface area contributed by atoms with Crippen LogP contribution in [0.2, 0.25) is 0 Å². The topological polar surface area (TPSA) is 62.7 Å². The zero-order chi connectivity index (χ0) is 20.1. The van der Waals surface area contributed by atoms with Crippen molar-refractivity contribution in [2.24, 2.45) is 0 Å². The molecule has 1 saturated heterocycles. The minimum absolute atomic E-state index is 0.0613. The summed E-state index contributed by atoms with van der Waals surface area (Å²) in [5.74, 6) is 1.19. The first-order valence-electron chi connectivity index (χ1n) is 9.63. The van der Waals surface area contributed by atoms with E-state index >= 15 is 0 Å². The van der Waals surface area contributed by atoms with Crippen LogP contribution >= 0.6 is 0 Å². The van der Waals surface area contributed by atoms with Crippen LogP contribution in [0.3, 0.4) is 0 Å². The highest BCUT2D eigenvalue weighted by Crippen LogP contribution is 2.28. The molecule has 1 aliphatic rings. The maximum Gasteiger partial charge on any atom is 0.217 e. The van der Waals surface area contributed by atoms with Gasteiger partial charge < -0.3 is 18.9 Å². The molecule has 0 aliphatic carbocycles. The fourth-order valence-electron chi connectivity index (χ4n) is 3.11. The SMILES string of the molecule is COc1cc(OC[C@H]2COCCO2)cc(-c2ccc(-c3ccc(C)nc3)cc2)n1. The molecule has 0 amide bonds. The summed E-state index contributed by atoms with van der Waals surface area (Å²) in [6.45, 7) is 4.19. The first-order valence-corrected chi connectivity index (χ1v) is 9.63. The maximum absolute atomic E-state index is 5.92. The van der Waals surface area contributed by atoms with Crippen LogP contribution in [0.25, 0.3) is 22.4 Å². The average molecular weight is 392 g/mol. The third kappa shape index (κ3) is 4.91. The molecule has 1 aliphatic heterocycles. The van der Waals surface area contributed by atoms with Gasteiger partial charge >= 0.3 is 0 Å². The van der Waals surface area contributed by atoms with Gasteiger partial charge in [-0.25, -0.2) is 4.98 Å². The molecule has 29 heavy (non-hydrogen) atoms. The number of pyridine rings is 2. The standard InChI is InChI=1S/C23H24N2O4/c1-16-3-4-19(13-24-16)17-5-7-18(8-6-17)22-11-20(12-23(25-22)26-2)29-15-21-14-27-9-10-28-21/h3-8,11-13,21H,9-10,14-15H2,1-2H3/t21-/m1/s1. The first kappa shape index (κ1) is 19.4. The van der Waals surface area contributed by atoms with Gasteiger partial charge in [-0.05, 0) is 18.6 Å². The van der Waals surface area contributed by atoms with Crippen molar-refractivity contribution in [2.75, 3.05) is 33.5 Å². The number of hydrogen-bond acceptors (Lipinski definition) is 6. The largest absolute Gasteiger partial charge is 0.491 e. The van der Waals surface area contributed by atoms with Gasteiger partial charge in [0.2, 0.25) is 5.88 Å². The van der Waals surface area contributed by atoms with E-state index in [0.717, 1.165) is 28.1 Å². The van der Waals surface area contributed by atoms with E-state index < -0.39 is 0 Å². The van der Waals surface area contributed by atoms with Gasteiger partial charge in [0, 0.05) is 35.2 Å². The van der Waals surface area contributed by atoms with Crippen LogP contribution in [-0.4, -0.2) is 49.6 Å². The first-order chi connectivity index (χ1) is 14.2. The molecule has 1 aromatic carbocycles. The molecule has 0 N–H and O–H groups in total. The van der Waals surface area contributed by atoms with E-state index in [0.29, 0.717) is 38.1 Å². The Morgan fingerprint density at radius 1 is 1.00 bits per heavy atom. The molecule has 1 atom stereocenters. The molecule has 0 unspecified atom stereocenters. The van der Waals surface area contributed by atoms with Crippen molar-refractivity contribution in [3.63, 3.8) is 0 Å². The van der Waals surface area contributed by atoms with Gasteiger partial charge in [0.15, 0.2) is 0 Å². The van der Waals surface area contributed by atoms with Crippen molar-refractivity contribution in [1.29, 1.82) is 0 Å². The van der Waals surface area contributed by atoms with Crippen molar-refractivity contribution in [2.45, 2.75) is 13.0 Å². The van der Waals surface area contributed by atoms with E-state index in [9.17, 15) is 0 Å². The van der Waals surface area contributed by atoms with E-state index in [2.05, 4.69) is 28.2 Å². The summed E-state index contributed by atoms with van der Waals surface area (Å²) in [6, 6.07) is 16.0. The summed E-state index contributed by atoms with van der Waals surface area (Å²) in [5, 5.41) is 0. The van der Waals surface area contributed by atoms with E-state index in [4.69, 9.17) is 18.9 Å². The Morgan fingerprint density at radius 3 is 2.48 bits per heavy atom. The van der Waals surface area contributed by atoms with Crippen molar-refractivity contribution in [3.8, 4) is 34.0 Å². The van der Waals surface area contributed by atoms with Gasteiger partial charge in [0.05, 0.1) is 32.6 Å². The molecule has 4 rings (SSSR count). The van der Waals surface area contributed by atoms with Crippen LogP contribution in [0.4, 0.5) is 0 Å². The predicted octanol–water partition coefficient (Wildman–Crippen LogP) is 3.92. The summed E-state index contributed by atoms with van der Waals surface area (Å²) in [4.78, 5) is 8.93. The minimum atomic E-state index is -0.0613. The summed E-state index contributed by atoms with van der Waals surface area (Å²) in [5.41, 5.74) is 4.96. The second-order valence-electron chi connectivity index (χ2n) is 6.87. The van der Waals surface area contributed by atoms with E-state index in [1.54, 1.807) is 13.2 Å². The lowest BCUT2D eigenvalue weighted by Gasteiger charge is -2.23. The van der Waals surface area contributed by atoms with Crippen LogP contribution < -0.4 is 9.47 Å². The molecule has 1 fully saturated rings. The number of aromatic nitrogens is 2. The van der Waals surface area contributed by atoms with Crippen LogP contribution in [0, 0.1) is 6.92 Å². The van der Waals surface area contributed by atoms with Gasteiger partial charge in [-0.15, -0.1) is 0 Å². The monoisotopic (exact) mass is 392 g/mol. The Balaban J connectivity index is 1.52. The summed E-state index contributed by atoms with van der Waals surface area (Å²) >= 11 is 0. The van der Waals surface area contributed by atoms with Gasteiger partial charge in [-0.1, -0.05) is 30.3 Å². The van der Waals surface area contributed by atoms with Gasteiger partial charge in [0.1, 0.15) is 18.5 Å². The normalized spacial score (nSPS) is 16.4. The molecule has 0 bridgehead atoms. The molecule has 0 radical (unpaired) electrons. The van der Waals surface area contributed by atoms with E-state index in [1.807, 2.05) is 37.4 Å². The zero-order valence-corrected chi connectivity index (χ0v) is 16.6. The summed E-state index contributed by atoms with van der Waals surface area (Å²) in [7, 11) is 1.60. The van der Waals surface area contributed by atoms with Gasteiger partial charge in [-0.3, -0.25) is 4.98 Å². The molecule has 3 heterocycles. The highest BCUT2D eigenvalue weighted by atomic mass is 16.6. The van der Waals surface area contributed by atoms with Crippen LogP contribution in [0.5, 0.6) is 11.6 Å². The smallest absolute Gasteiger partial charge is 0.217 e. The number of hydrogen-bond donors (Lipinski definition) is 0. The lowest BCUT2D eigenvalue weighted by molar-refractivity contribution is -0.101. The average Bonchev–Trinajstić information content (AvgIpc) is 2.79. The third-order valence-corrected chi connectivity index (χ3v) is 4.73. The second kappa shape index (κ2) is 9.03. The van der Waals surface area contributed by atoms with Crippen molar-refractivity contribution in [1.82, 2.24) is 9.97 Å². The molecule has 150 valence electrons. The highest BCUT2D eigenvalue weighted by molar-refractivity contribution is 5.69. The number of methoxy groups -OCH3 is 1. The van der Waals surface area contributed by atoms with Crippen LogP contribution in [-0.2, 0) is 9.47 Å². The van der Waals surface area contributed by atoms with Crippen LogP contribution in [0.1, 0.15) is 5.69 Å². The number of nitrogens with zero attached hydrogens (tertiary/aromatic N) is 2. The molecule has 0 saturated carbocycles. The number of aryl methyl sites for hydroxylation is 1. The number of ether oxygens (including phenoxy) is 4. The van der Waals surface area contributed by atoms with Crippen molar-refractivity contribution in [3.05, 3.63) is 60.4 Å². The molecular weight excluding hydrogens is 368 g/mol. The Labute approximate surface area is 170 Å². The summed E-state index contributed by atoms with van der Waals surface area (Å²) in [6.07, 6.45) is 1.82. The molecule has 2 aromatic heterocycles. The number of benzene rings is 1. The molecule has 0 spiro atoms. The molecule has 6 nitrogen and oxygen atoms in total. The van der Waals surface area contributed by atoms with Gasteiger partial charge in [-0.2, -0.15) is 0 Å². The minimum Gasteiger partial charge on any atom is -0.491 e. The van der Waals surface area contributed by atoms with E-state index in [-0.39, 0.29) is 6.10 Å². The fourth-order valence-corrected chi connectivity index (χ4v) is 3.11. The Hall–Kier alpha value is -2.96. The van der Waals surface area contributed by atoms with Crippen molar-refractivity contribution >= 4 is 0 Å². The Kier molecular flexibility index (Phi) is 6.03. The quantitative estimate of drug-likeness (QED) is 0.634. The highest BCUT2D eigenvalue weighted by Gasteiger charge is 2.16. The molecule has 3 aromatic rings. The third-order valence-electron chi connectivity index (χ3n) is 4.73. The fraction of sp³-hybridized carbons (Fsp3) is 0.304. The van der Waals surface area contributed by atoms with Crippen molar-refractivity contribution < 1.29 is 18.9 Å². The zero-order valence-electron chi connectivity index (χ0n) is 16.6. The second-order valence-corrected chi connectivity index (χ2v) is 6.87. The molecule has 6 heteroatoms. The Bertz CT molecular complexity index is 936. The molecular formula is C23H24N2O4. The Morgan fingerprint density at radius 2 is 1.79 bits per heavy atom. The maximum atomic E-state index is 5.92. The van der Waals surface area contributed by atoms with Crippen LogP contribution in [0.15, 0.2) is 54.7 Å². The lowest BCUT2D eigenvalue weighted by atomic mass is 10.0.